The first kappa shape index (κ1) is 50.1. The number of aromatic hydroxyl groups is 1. The smallest absolute Gasteiger partial charge is 0.251 e. The summed E-state index contributed by atoms with van der Waals surface area (Å²) in [6, 6.07) is 17.1. The highest BCUT2D eigenvalue weighted by Gasteiger charge is 2.34. The molecule has 2 amide bonds. The number of hydrogen-bond acceptors (Lipinski definition) is 15. The van der Waals surface area contributed by atoms with Crippen LogP contribution in [0.1, 0.15) is 72.7 Å². The van der Waals surface area contributed by atoms with Crippen molar-refractivity contribution >= 4 is 46.1 Å². The number of ketones is 1. The van der Waals surface area contributed by atoms with Crippen LogP contribution in [0.15, 0.2) is 82.2 Å². The van der Waals surface area contributed by atoms with Gasteiger partial charge in [-0.3, -0.25) is 14.4 Å². The number of amides is 2. The Labute approximate surface area is 369 Å². The Morgan fingerprint density at radius 2 is 1.40 bits per heavy atom. The van der Waals surface area contributed by atoms with E-state index in [-0.39, 0.29) is 28.6 Å². The van der Waals surface area contributed by atoms with Crippen molar-refractivity contribution in [3.05, 3.63) is 88.6 Å². The monoisotopic (exact) mass is 872 g/mol. The Bertz CT molecular complexity index is 2020. The van der Waals surface area contributed by atoms with Crippen LogP contribution in [0, 0.1) is 10.8 Å². The minimum Gasteiger partial charge on any atom is -0.506 e. The van der Waals surface area contributed by atoms with Gasteiger partial charge in [0, 0.05) is 61.1 Å². The molecule has 3 aromatic carbocycles. The van der Waals surface area contributed by atoms with Gasteiger partial charge in [0.25, 0.3) is 11.8 Å². The predicted octanol–water partition coefficient (Wildman–Crippen LogP) is 6.21. The van der Waals surface area contributed by atoms with E-state index in [0.717, 1.165) is 5.56 Å². The quantitative estimate of drug-likeness (QED) is 0.0224. The highest BCUT2D eigenvalue weighted by atomic mass is 16.6. The summed E-state index contributed by atoms with van der Waals surface area (Å²) in [7, 11) is 0. The molecule has 0 saturated carbocycles. The maximum Gasteiger partial charge on any atom is 0.251 e. The third-order valence-electron chi connectivity index (χ3n) is 9.73. The van der Waals surface area contributed by atoms with Gasteiger partial charge in [0.15, 0.2) is 5.78 Å². The van der Waals surface area contributed by atoms with Crippen molar-refractivity contribution in [2.75, 3.05) is 96.3 Å². The number of phenolic OH excluding ortho intramolecular Hbond substituents is 1. The van der Waals surface area contributed by atoms with Crippen molar-refractivity contribution in [1.82, 2.24) is 5.32 Å². The van der Waals surface area contributed by atoms with Crippen molar-refractivity contribution < 1.29 is 43.2 Å². The molecule has 0 bridgehead atoms. The number of nitrogens with zero attached hydrogens (tertiary/aromatic N) is 2. The second-order valence-electron chi connectivity index (χ2n) is 15.7. The van der Waals surface area contributed by atoms with Crippen molar-refractivity contribution in [3.63, 3.8) is 0 Å². The van der Waals surface area contributed by atoms with Crippen LogP contribution in [0.25, 0.3) is 0 Å². The van der Waals surface area contributed by atoms with Gasteiger partial charge < -0.3 is 61.6 Å². The SMILES string of the molecule is CC(=N)C1=C(Nc2ccc(C(N)=O)c(NCCCOCCOCCOCCOCCOCCCNC(=O)c3ccc(/N=N/c4ccc(CCN)cc4O)cc3)c2)CC(C)(C)CC1=O. The summed E-state index contributed by atoms with van der Waals surface area (Å²) in [5.41, 5.74) is 16.3. The normalized spacial score (nSPS) is 13.7. The number of benzene rings is 3. The first-order valence-electron chi connectivity index (χ1n) is 21.3. The molecule has 1 aliphatic rings. The molecular weight excluding hydrogens is 809 g/mol. The second-order valence-corrected chi connectivity index (χ2v) is 15.7. The summed E-state index contributed by atoms with van der Waals surface area (Å²) >= 11 is 0. The number of nitrogens with two attached hydrogens (primary N) is 2. The lowest BCUT2D eigenvalue weighted by Gasteiger charge is -2.32. The zero-order chi connectivity index (χ0) is 45.5. The molecule has 9 N–H and O–H groups in total. The molecule has 4 rings (SSSR count). The van der Waals surface area contributed by atoms with E-state index in [4.69, 9.17) is 40.6 Å². The topological polar surface area (TPSA) is 254 Å². The molecule has 0 atom stereocenters. The molecule has 0 aromatic heterocycles. The van der Waals surface area contributed by atoms with Crippen LogP contribution in [-0.2, 0) is 34.9 Å². The number of allylic oxidation sites excluding steroid dienone is 2. The van der Waals surface area contributed by atoms with Crippen LogP contribution in [0.4, 0.5) is 22.7 Å². The number of hydrogen-bond donors (Lipinski definition) is 7. The van der Waals surface area contributed by atoms with E-state index in [1.165, 1.54) is 0 Å². The number of carbonyl (C=O) groups is 3. The lowest BCUT2D eigenvalue weighted by molar-refractivity contribution is -0.117. The van der Waals surface area contributed by atoms with E-state index in [1.807, 2.05) is 19.9 Å². The molecule has 17 nitrogen and oxygen atoms in total. The van der Waals surface area contributed by atoms with Crippen LogP contribution < -0.4 is 27.4 Å². The first-order chi connectivity index (χ1) is 30.4. The Morgan fingerprint density at radius 3 is 1.97 bits per heavy atom. The van der Waals surface area contributed by atoms with Crippen molar-refractivity contribution in [2.45, 2.75) is 52.9 Å². The summed E-state index contributed by atoms with van der Waals surface area (Å²) in [4.78, 5) is 37.4. The summed E-state index contributed by atoms with van der Waals surface area (Å²) in [5.74, 6) is -0.757. The van der Waals surface area contributed by atoms with Crippen LogP contribution in [0.2, 0.25) is 0 Å². The Morgan fingerprint density at radius 1 is 0.794 bits per heavy atom. The number of anilines is 2. The van der Waals surface area contributed by atoms with Crippen LogP contribution in [0.5, 0.6) is 5.75 Å². The van der Waals surface area contributed by atoms with E-state index in [9.17, 15) is 19.5 Å². The van der Waals surface area contributed by atoms with Gasteiger partial charge >= 0.3 is 0 Å². The van der Waals surface area contributed by atoms with Gasteiger partial charge in [-0.2, -0.15) is 5.11 Å². The molecule has 0 fully saturated rings. The molecule has 0 heterocycles. The van der Waals surface area contributed by atoms with E-state index < -0.39 is 5.91 Å². The van der Waals surface area contributed by atoms with E-state index in [2.05, 4.69) is 26.2 Å². The van der Waals surface area contributed by atoms with Gasteiger partial charge in [-0.1, -0.05) is 19.9 Å². The highest BCUT2D eigenvalue weighted by Crippen LogP contribution is 2.38. The number of carbonyl (C=O) groups excluding carboxylic acids is 3. The Balaban J connectivity index is 0.948. The van der Waals surface area contributed by atoms with Crippen LogP contribution in [0.3, 0.4) is 0 Å². The number of Topliss-reactive ketones (excluding diaryl/α,β-unsaturated/α-hetero) is 1. The minimum absolute atomic E-state index is 0.0351. The number of rotatable bonds is 30. The third-order valence-corrected chi connectivity index (χ3v) is 9.73. The molecule has 0 radical (unpaired) electrons. The van der Waals surface area contributed by atoms with Crippen LogP contribution in [-0.4, -0.2) is 114 Å². The van der Waals surface area contributed by atoms with Gasteiger partial charge in [0.05, 0.1) is 69.7 Å². The lowest BCUT2D eigenvalue weighted by atomic mass is 9.75. The first-order valence-corrected chi connectivity index (χ1v) is 21.3. The largest absolute Gasteiger partial charge is 0.506 e. The highest BCUT2D eigenvalue weighted by molar-refractivity contribution is 6.22. The zero-order valence-corrected chi connectivity index (χ0v) is 36.8. The van der Waals surface area contributed by atoms with E-state index in [1.54, 1.807) is 61.5 Å². The average molecular weight is 873 g/mol. The Hall–Kier alpha value is -5.56. The van der Waals surface area contributed by atoms with E-state index >= 15 is 0 Å². The molecule has 1 aliphatic carbocycles. The van der Waals surface area contributed by atoms with Gasteiger partial charge in [-0.05, 0) is 105 Å². The molecule has 0 saturated heterocycles. The molecule has 3 aromatic rings. The summed E-state index contributed by atoms with van der Waals surface area (Å²) in [5, 5.41) is 36.0. The summed E-state index contributed by atoms with van der Waals surface area (Å²) in [6.45, 7) is 11.7. The molecule has 0 unspecified atom stereocenters. The van der Waals surface area contributed by atoms with E-state index in [0.29, 0.717) is 163 Å². The molecule has 0 aliphatic heterocycles. The van der Waals surface area contributed by atoms with Gasteiger partial charge in [-0.15, -0.1) is 5.11 Å². The number of azo groups is 1. The number of nitrogens with one attached hydrogen (secondary N) is 4. The average Bonchev–Trinajstić information content (AvgIpc) is 3.23. The van der Waals surface area contributed by atoms with Crippen molar-refractivity contribution in [3.8, 4) is 5.75 Å². The number of phenols is 1. The van der Waals surface area contributed by atoms with Gasteiger partial charge in [0.1, 0.15) is 11.4 Å². The number of ether oxygens (including phenoxy) is 5. The van der Waals surface area contributed by atoms with Crippen LogP contribution >= 0.6 is 0 Å². The van der Waals surface area contributed by atoms with Gasteiger partial charge in [0.2, 0.25) is 0 Å². The van der Waals surface area contributed by atoms with Gasteiger partial charge in [-0.25, -0.2) is 0 Å². The van der Waals surface area contributed by atoms with Crippen molar-refractivity contribution in [1.29, 1.82) is 5.41 Å². The molecule has 63 heavy (non-hydrogen) atoms. The Kier molecular flexibility index (Phi) is 21.3. The molecule has 342 valence electrons. The maximum atomic E-state index is 12.8. The fourth-order valence-electron chi connectivity index (χ4n) is 6.64. The lowest BCUT2D eigenvalue weighted by Crippen LogP contribution is -2.30. The summed E-state index contributed by atoms with van der Waals surface area (Å²) < 4.78 is 27.9. The molecular formula is C46H64N8O9. The second kappa shape index (κ2) is 26.8. The number of primary amides is 1. The fourth-order valence-corrected chi connectivity index (χ4v) is 6.64. The van der Waals surface area contributed by atoms with Crippen molar-refractivity contribution in [2.24, 2.45) is 27.1 Å². The maximum absolute atomic E-state index is 12.8. The predicted molar refractivity (Wildman–Crippen MR) is 243 cm³/mol. The third kappa shape index (κ3) is 18.0. The minimum atomic E-state index is -0.551. The fraction of sp³-hybridized carbons (Fsp3) is 0.478. The molecule has 0 spiro atoms. The standard InChI is InChI=1S/C46H64N8O9/c1-32(48)43-40(30-46(2,3)31-42(43)56)52-36-11-12-37(44(49)57)39(29-36)50-16-4-18-59-20-22-61-24-26-63-27-25-62-23-21-60-19-5-17-51-45(58)34-7-9-35(10-8-34)53-54-38-13-6-33(14-15-47)28-41(38)55/h6-13,28-29,48,50,52,55H,4-5,14-27,30-31,47H2,1-3H3,(H2,49,57)(H,51,58)/b48-32?,54-53+. The molecule has 17 heteroatoms. The zero-order valence-electron chi connectivity index (χ0n) is 36.8. The summed E-state index contributed by atoms with van der Waals surface area (Å²) in [6.07, 6.45) is 3.02.